The molecule has 0 unspecified atom stereocenters. The lowest BCUT2D eigenvalue weighted by Crippen LogP contribution is -2.51. The molecule has 0 fully saturated rings. The van der Waals surface area contributed by atoms with Crippen LogP contribution in [0.15, 0.2) is 71.6 Å². The minimum atomic E-state index is -4.14. The second kappa shape index (κ2) is 14.2. The number of hydrogen-bond acceptors (Lipinski definition) is 4. The molecule has 0 bridgehead atoms. The molecule has 0 spiro atoms. The van der Waals surface area contributed by atoms with Crippen LogP contribution >= 0.6 is 23.2 Å². The summed E-state index contributed by atoms with van der Waals surface area (Å²) in [5, 5.41) is 3.65. The lowest BCUT2D eigenvalue weighted by molar-refractivity contribution is -0.139. The second-order valence-corrected chi connectivity index (χ2v) is 13.1. The van der Waals surface area contributed by atoms with Crippen molar-refractivity contribution in [3.63, 3.8) is 0 Å². The number of benzene rings is 3. The van der Waals surface area contributed by atoms with Crippen molar-refractivity contribution in [1.82, 2.24) is 10.2 Å². The third kappa shape index (κ3) is 8.24. The van der Waals surface area contributed by atoms with Crippen molar-refractivity contribution in [2.75, 3.05) is 17.4 Å². The molecule has 10 heteroatoms. The van der Waals surface area contributed by atoms with Gasteiger partial charge in [0.1, 0.15) is 12.6 Å². The second-order valence-electron chi connectivity index (χ2n) is 10.4. The maximum absolute atomic E-state index is 14.1. The number of aryl methyl sites for hydroxylation is 2. The molecule has 2 amide bonds. The molecule has 0 aliphatic carbocycles. The first kappa shape index (κ1) is 32.4. The maximum Gasteiger partial charge on any atom is 0.264 e. The van der Waals surface area contributed by atoms with Gasteiger partial charge in [0.05, 0.1) is 10.6 Å². The average molecular weight is 619 g/mol. The molecule has 220 valence electrons. The summed E-state index contributed by atoms with van der Waals surface area (Å²) in [7, 11) is -4.14. The van der Waals surface area contributed by atoms with Crippen LogP contribution in [0, 0.1) is 12.8 Å². The summed E-state index contributed by atoms with van der Waals surface area (Å²) in [6.45, 7) is 9.27. The number of carbonyl (C=O) groups is 2. The summed E-state index contributed by atoms with van der Waals surface area (Å²) in [4.78, 5) is 28.7. The van der Waals surface area contributed by atoms with Crippen molar-refractivity contribution in [2.45, 2.75) is 58.5 Å². The zero-order chi connectivity index (χ0) is 30.3. The van der Waals surface area contributed by atoms with E-state index in [0.29, 0.717) is 34.3 Å². The van der Waals surface area contributed by atoms with Crippen molar-refractivity contribution >= 4 is 50.7 Å². The van der Waals surface area contributed by atoms with Gasteiger partial charge < -0.3 is 10.2 Å². The minimum absolute atomic E-state index is 0.0149. The first-order valence-corrected chi connectivity index (χ1v) is 15.7. The van der Waals surface area contributed by atoms with Crippen LogP contribution < -0.4 is 9.62 Å². The molecule has 0 aliphatic heterocycles. The number of nitrogens with zero attached hydrogens (tertiary/aromatic N) is 2. The fourth-order valence-corrected chi connectivity index (χ4v) is 6.19. The molecule has 0 heterocycles. The molecule has 0 aromatic heterocycles. The smallest absolute Gasteiger partial charge is 0.264 e. The van der Waals surface area contributed by atoms with E-state index in [1.807, 2.05) is 39.8 Å². The van der Waals surface area contributed by atoms with Gasteiger partial charge in [-0.05, 0) is 67.6 Å². The van der Waals surface area contributed by atoms with E-state index in [0.717, 1.165) is 15.4 Å². The SMILES string of the molecule is CCc1ccccc1N(CC(=O)N(Cc1ccc(Cl)cc1Cl)[C@@H](C)C(=O)NCC(C)C)S(=O)(=O)c1ccc(C)cc1. The number of halogens is 2. The van der Waals surface area contributed by atoms with Crippen molar-refractivity contribution in [1.29, 1.82) is 0 Å². The van der Waals surface area contributed by atoms with Gasteiger partial charge in [0.25, 0.3) is 10.0 Å². The molecule has 3 rings (SSSR count). The van der Waals surface area contributed by atoms with E-state index in [1.165, 1.54) is 17.0 Å². The molecule has 7 nitrogen and oxygen atoms in total. The Hall–Kier alpha value is -3.07. The van der Waals surface area contributed by atoms with Gasteiger partial charge in [-0.25, -0.2) is 8.42 Å². The quantitative estimate of drug-likeness (QED) is 0.260. The lowest BCUT2D eigenvalue weighted by atomic mass is 10.1. The van der Waals surface area contributed by atoms with Crippen molar-refractivity contribution in [3.05, 3.63) is 93.5 Å². The summed E-state index contributed by atoms with van der Waals surface area (Å²) < 4.78 is 29.2. The highest BCUT2D eigenvalue weighted by Gasteiger charge is 2.33. The van der Waals surface area contributed by atoms with Crippen LogP contribution in [0.3, 0.4) is 0 Å². The molecule has 3 aromatic carbocycles. The van der Waals surface area contributed by atoms with Crippen LogP contribution in [0.4, 0.5) is 5.69 Å². The maximum atomic E-state index is 14.1. The van der Waals surface area contributed by atoms with Crippen LogP contribution in [-0.2, 0) is 32.6 Å². The van der Waals surface area contributed by atoms with Gasteiger partial charge in [-0.2, -0.15) is 0 Å². The Balaban J connectivity index is 2.07. The van der Waals surface area contributed by atoms with Gasteiger partial charge in [-0.15, -0.1) is 0 Å². The van der Waals surface area contributed by atoms with Crippen molar-refractivity contribution < 1.29 is 18.0 Å². The molecule has 0 saturated carbocycles. The largest absolute Gasteiger partial charge is 0.354 e. The normalized spacial score (nSPS) is 12.2. The number of sulfonamides is 1. The summed E-state index contributed by atoms with van der Waals surface area (Å²) in [6, 6.07) is 17.6. The van der Waals surface area contributed by atoms with Crippen molar-refractivity contribution in [2.24, 2.45) is 5.92 Å². The highest BCUT2D eigenvalue weighted by atomic mass is 35.5. The molecule has 3 aromatic rings. The summed E-state index contributed by atoms with van der Waals surface area (Å²) in [5.41, 5.74) is 2.67. The Morgan fingerprint density at radius 2 is 1.59 bits per heavy atom. The van der Waals surface area contributed by atoms with Crippen LogP contribution in [0.1, 0.15) is 44.4 Å². The van der Waals surface area contributed by atoms with Gasteiger partial charge >= 0.3 is 0 Å². The highest BCUT2D eigenvalue weighted by molar-refractivity contribution is 7.92. The van der Waals surface area contributed by atoms with E-state index in [2.05, 4.69) is 5.32 Å². The third-order valence-electron chi connectivity index (χ3n) is 6.74. The molecule has 0 aliphatic rings. The number of anilines is 1. The highest BCUT2D eigenvalue weighted by Crippen LogP contribution is 2.29. The predicted octanol–water partition coefficient (Wildman–Crippen LogP) is 6.25. The van der Waals surface area contributed by atoms with E-state index < -0.39 is 28.5 Å². The van der Waals surface area contributed by atoms with Crippen LogP contribution in [0.25, 0.3) is 0 Å². The summed E-state index contributed by atoms with van der Waals surface area (Å²) in [5.74, 6) is -0.689. The molecule has 1 N–H and O–H groups in total. The first-order chi connectivity index (χ1) is 19.3. The molecule has 0 radical (unpaired) electrons. The Bertz CT molecular complexity index is 1480. The van der Waals surface area contributed by atoms with Gasteiger partial charge in [-0.1, -0.05) is 85.9 Å². The van der Waals surface area contributed by atoms with Gasteiger partial charge in [0.2, 0.25) is 11.8 Å². The van der Waals surface area contributed by atoms with Crippen LogP contribution in [-0.4, -0.2) is 44.3 Å². The number of nitrogens with one attached hydrogen (secondary N) is 1. The van der Waals surface area contributed by atoms with E-state index in [9.17, 15) is 18.0 Å². The molecule has 1 atom stereocenters. The zero-order valence-corrected chi connectivity index (χ0v) is 26.4. The number of carbonyl (C=O) groups excluding carboxylic acids is 2. The minimum Gasteiger partial charge on any atom is -0.354 e. The number of amides is 2. The van der Waals surface area contributed by atoms with Crippen molar-refractivity contribution in [3.8, 4) is 0 Å². The monoisotopic (exact) mass is 617 g/mol. The van der Waals surface area contributed by atoms with E-state index >= 15 is 0 Å². The Labute approximate surface area is 253 Å². The average Bonchev–Trinajstić information content (AvgIpc) is 2.93. The van der Waals surface area contributed by atoms with Gasteiger partial charge in [-0.3, -0.25) is 13.9 Å². The van der Waals surface area contributed by atoms with E-state index in [-0.39, 0.29) is 23.3 Å². The van der Waals surface area contributed by atoms with Crippen LogP contribution in [0.5, 0.6) is 0 Å². The number of rotatable bonds is 12. The Morgan fingerprint density at radius 1 is 0.927 bits per heavy atom. The standard InChI is InChI=1S/C31H37Cl2N3O4S/c1-6-24-9-7-8-10-29(24)36(41(39,40)27-15-11-22(4)12-16-27)20-30(37)35(23(5)31(38)34-18-21(2)3)19-25-13-14-26(32)17-28(25)33/h7-17,21,23H,6,18-20H2,1-5H3,(H,34,38)/t23-/m0/s1. The third-order valence-corrected chi connectivity index (χ3v) is 9.10. The summed E-state index contributed by atoms with van der Waals surface area (Å²) >= 11 is 12.5. The zero-order valence-electron chi connectivity index (χ0n) is 24.0. The lowest BCUT2D eigenvalue weighted by Gasteiger charge is -2.33. The first-order valence-electron chi connectivity index (χ1n) is 13.5. The van der Waals surface area contributed by atoms with E-state index in [4.69, 9.17) is 23.2 Å². The van der Waals surface area contributed by atoms with Gasteiger partial charge in [0.15, 0.2) is 0 Å². The number of hydrogen-bond donors (Lipinski definition) is 1. The fourth-order valence-electron chi connectivity index (χ4n) is 4.27. The number of para-hydroxylation sites is 1. The molecule has 0 saturated heterocycles. The van der Waals surface area contributed by atoms with Gasteiger partial charge in [0, 0.05) is 23.1 Å². The van der Waals surface area contributed by atoms with E-state index in [1.54, 1.807) is 49.4 Å². The molecular formula is C31H37Cl2N3O4S. The Morgan fingerprint density at radius 3 is 2.20 bits per heavy atom. The predicted molar refractivity (Wildman–Crippen MR) is 166 cm³/mol. The molecular weight excluding hydrogens is 581 g/mol. The Kier molecular flexibility index (Phi) is 11.2. The summed E-state index contributed by atoms with van der Waals surface area (Å²) in [6.07, 6.45) is 0.558. The van der Waals surface area contributed by atoms with Crippen LogP contribution in [0.2, 0.25) is 10.0 Å². The topological polar surface area (TPSA) is 86.8 Å². The molecule has 41 heavy (non-hydrogen) atoms. The fraction of sp³-hybridized carbons (Fsp3) is 0.355.